The van der Waals surface area contributed by atoms with E-state index in [1.54, 1.807) is 0 Å². The highest BCUT2D eigenvalue weighted by atomic mass is 35.8. The Morgan fingerprint density at radius 3 is 1.71 bits per heavy atom. The molecular formula is C13H22Cl6OSi. The second kappa shape index (κ2) is 11.2. The molecule has 0 aliphatic heterocycles. The fourth-order valence-electron chi connectivity index (χ4n) is 2.12. The lowest BCUT2D eigenvalue weighted by Crippen LogP contribution is -2.34. The third-order valence-corrected chi connectivity index (χ3v) is 7.61. The van der Waals surface area contributed by atoms with Crippen LogP contribution in [0.2, 0.25) is 5.54 Å². The van der Waals surface area contributed by atoms with Crippen LogP contribution in [0, 0.1) is 0 Å². The first-order chi connectivity index (χ1) is 9.60. The number of unbranched alkanes of at least 4 members (excludes halogenated alkanes) is 7. The molecule has 1 unspecified atom stereocenters. The Kier molecular flexibility index (Phi) is 12.1. The molecule has 21 heavy (non-hydrogen) atoms. The smallest absolute Gasteiger partial charge is 0.295 e. The predicted octanol–water partition coefficient (Wildman–Crippen LogP) is 7.48. The summed E-state index contributed by atoms with van der Waals surface area (Å²) in [6.07, 6.45) is 9.69. The molecular weight excluding hydrogens is 413 g/mol. The number of rotatable bonds is 11. The van der Waals surface area contributed by atoms with Gasteiger partial charge in [-0.1, -0.05) is 93.1 Å². The molecule has 8 heteroatoms. The molecule has 0 rings (SSSR count). The number of hydrogen-bond acceptors (Lipinski definition) is 1. The van der Waals surface area contributed by atoms with Gasteiger partial charge in [-0.15, -0.1) is 33.2 Å². The summed E-state index contributed by atoms with van der Waals surface area (Å²) in [5.41, 5.74) is -0.755. The van der Waals surface area contributed by atoms with Crippen LogP contribution in [0.1, 0.15) is 64.7 Å². The maximum atomic E-state index is 12.0. The van der Waals surface area contributed by atoms with Crippen LogP contribution in [0.4, 0.5) is 0 Å². The number of carbonyl (C=O) groups excluding carboxylic acids is 1. The molecule has 1 nitrogen and oxygen atoms in total. The van der Waals surface area contributed by atoms with Gasteiger partial charge in [-0.3, -0.25) is 4.79 Å². The largest absolute Gasteiger partial charge is 0.351 e. The number of halogens is 6. The molecule has 0 fully saturated rings. The van der Waals surface area contributed by atoms with Crippen molar-refractivity contribution in [2.45, 2.75) is 74.0 Å². The minimum absolute atomic E-state index is 0.477. The summed E-state index contributed by atoms with van der Waals surface area (Å²) in [4.78, 5) is 12.0. The van der Waals surface area contributed by atoms with Crippen LogP contribution in [-0.4, -0.2) is 15.6 Å². The van der Waals surface area contributed by atoms with Crippen molar-refractivity contribution in [3.63, 3.8) is 0 Å². The van der Waals surface area contributed by atoms with Gasteiger partial charge in [0.25, 0.3) is 0 Å². The quantitative estimate of drug-likeness (QED) is 0.142. The van der Waals surface area contributed by atoms with E-state index in [1.807, 2.05) is 0 Å². The van der Waals surface area contributed by atoms with Crippen molar-refractivity contribution >= 4 is 79.8 Å². The van der Waals surface area contributed by atoms with Crippen LogP contribution < -0.4 is 0 Å². The van der Waals surface area contributed by atoms with Gasteiger partial charge in [0.15, 0.2) is 5.78 Å². The average Bonchev–Trinajstić information content (AvgIpc) is 2.33. The molecule has 0 aromatic heterocycles. The third-order valence-electron chi connectivity index (χ3n) is 3.34. The molecule has 0 radical (unpaired) electrons. The monoisotopic (exact) mass is 432 g/mol. The Morgan fingerprint density at radius 1 is 0.905 bits per heavy atom. The van der Waals surface area contributed by atoms with Crippen LogP contribution in [-0.2, 0) is 4.79 Å². The Labute approximate surface area is 158 Å². The van der Waals surface area contributed by atoms with Gasteiger partial charge in [-0.25, -0.2) is 0 Å². The molecule has 0 heterocycles. The fraction of sp³-hybridized carbons (Fsp3) is 0.923. The van der Waals surface area contributed by atoms with Crippen LogP contribution >= 0.6 is 68.0 Å². The molecule has 0 aliphatic carbocycles. The Bertz CT molecular complexity index is 300. The van der Waals surface area contributed by atoms with E-state index in [0.717, 1.165) is 19.3 Å². The predicted molar refractivity (Wildman–Crippen MR) is 99.6 cm³/mol. The molecule has 0 aromatic carbocycles. The Hall–Kier alpha value is 1.63. The lowest BCUT2D eigenvalue weighted by Gasteiger charge is -2.24. The Balaban J connectivity index is 4.08. The number of alkyl halides is 3. The first-order valence-electron chi connectivity index (χ1n) is 7.28. The van der Waals surface area contributed by atoms with Crippen molar-refractivity contribution in [3.8, 4) is 0 Å². The van der Waals surface area contributed by atoms with Crippen LogP contribution in [0.15, 0.2) is 0 Å². The van der Waals surface area contributed by atoms with Gasteiger partial charge >= 0.3 is 6.00 Å². The van der Waals surface area contributed by atoms with Crippen LogP contribution in [0.25, 0.3) is 0 Å². The second-order valence-electron chi connectivity index (χ2n) is 5.22. The molecule has 0 amide bonds. The maximum Gasteiger partial charge on any atom is 0.351 e. The van der Waals surface area contributed by atoms with Crippen LogP contribution in [0.5, 0.6) is 0 Å². The van der Waals surface area contributed by atoms with Gasteiger partial charge in [-0.2, -0.15) is 0 Å². The highest BCUT2D eigenvalue weighted by Gasteiger charge is 2.48. The van der Waals surface area contributed by atoms with Gasteiger partial charge in [0.1, 0.15) is 0 Å². The topological polar surface area (TPSA) is 17.1 Å². The van der Waals surface area contributed by atoms with E-state index in [4.69, 9.17) is 68.0 Å². The lowest BCUT2D eigenvalue weighted by molar-refractivity contribution is -0.118. The van der Waals surface area contributed by atoms with Crippen molar-refractivity contribution in [3.05, 3.63) is 0 Å². The SMILES string of the molecule is CCCCCCCCCCC(C(=O)C(Cl)(Cl)Cl)[Si](Cl)(Cl)Cl. The van der Waals surface area contributed by atoms with Gasteiger partial charge in [0.2, 0.25) is 3.79 Å². The maximum absolute atomic E-state index is 12.0. The molecule has 0 aromatic rings. The van der Waals surface area contributed by atoms with E-state index in [0.29, 0.717) is 6.42 Å². The zero-order valence-corrected chi connectivity index (χ0v) is 17.7. The zero-order valence-electron chi connectivity index (χ0n) is 12.1. The third kappa shape index (κ3) is 10.9. The van der Waals surface area contributed by atoms with E-state index < -0.39 is 21.1 Å². The van der Waals surface area contributed by atoms with Gasteiger partial charge in [0, 0.05) is 0 Å². The fourth-order valence-corrected chi connectivity index (χ4v) is 5.71. The molecule has 0 saturated heterocycles. The first kappa shape index (κ1) is 22.6. The minimum atomic E-state index is -3.23. The molecule has 0 spiro atoms. The average molecular weight is 435 g/mol. The highest BCUT2D eigenvalue weighted by molar-refractivity contribution is 7.65. The molecule has 0 aliphatic rings. The van der Waals surface area contributed by atoms with Crippen molar-refractivity contribution in [2.24, 2.45) is 0 Å². The van der Waals surface area contributed by atoms with E-state index >= 15 is 0 Å². The second-order valence-corrected chi connectivity index (χ2v) is 16.4. The summed E-state index contributed by atoms with van der Waals surface area (Å²) in [5.74, 6) is -0.595. The zero-order chi connectivity index (χ0) is 16.5. The van der Waals surface area contributed by atoms with E-state index in [2.05, 4.69) is 6.92 Å². The van der Waals surface area contributed by atoms with E-state index in [1.165, 1.54) is 32.1 Å². The highest BCUT2D eigenvalue weighted by Crippen LogP contribution is 2.44. The summed E-state index contributed by atoms with van der Waals surface area (Å²) >= 11 is 34.8. The van der Waals surface area contributed by atoms with Crippen molar-refractivity contribution < 1.29 is 4.79 Å². The molecule has 0 saturated carbocycles. The first-order valence-corrected chi connectivity index (χ1v) is 13.5. The summed E-state index contributed by atoms with van der Waals surface area (Å²) < 4.78 is -2.01. The number of carbonyl (C=O) groups is 1. The minimum Gasteiger partial charge on any atom is -0.295 e. The summed E-state index contributed by atoms with van der Waals surface area (Å²) in [6, 6.07) is -3.23. The van der Waals surface area contributed by atoms with Crippen LogP contribution in [0.3, 0.4) is 0 Å². The molecule has 126 valence electrons. The molecule has 0 N–H and O–H groups in total. The van der Waals surface area contributed by atoms with Gasteiger partial charge < -0.3 is 0 Å². The summed E-state index contributed by atoms with van der Waals surface area (Å²) in [5, 5.41) is 0. The lowest BCUT2D eigenvalue weighted by atomic mass is 10.1. The van der Waals surface area contributed by atoms with Crippen molar-refractivity contribution in [1.29, 1.82) is 0 Å². The summed E-state index contributed by atoms with van der Waals surface area (Å²) in [7, 11) is 0. The number of Topliss-reactive ketones (excluding diaryl/α,β-unsaturated/α-hetero) is 1. The van der Waals surface area contributed by atoms with Crippen molar-refractivity contribution in [1.82, 2.24) is 0 Å². The van der Waals surface area contributed by atoms with Crippen molar-refractivity contribution in [2.75, 3.05) is 0 Å². The van der Waals surface area contributed by atoms with Gasteiger partial charge in [0.05, 0.1) is 5.54 Å². The number of ketones is 1. The number of hydrogen-bond donors (Lipinski definition) is 0. The standard InChI is InChI=1S/C13H22Cl6OSi/c1-2-3-4-5-6-7-8-9-10-11(21(17,18)19)12(20)13(14,15)16/h11H,2-10H2,1H3. The molecule has 0 bridgehead atoms. The van der Waals surface area contributed by atoms with Gasteiger partial charge in [-0.05, 0) is 6.42 Å². The normalized spacial score (nSPS) is 14.2. The summed E-state index contributed by atoms with van der Waals surface area (Å²) in [6.45, 7) is 2.20. The Morgan fingerprint density at radius 2 is 1.33 bits per heavy atom. The van der Waals surface area contributed by atoms with E-state index in [-0.39, 0.29) is 0 Å². The van der Waals surface area contributed by atoms with E-state index in [9.17, 15) is 4.79 Å². The molecule has 1 atom stereocenters.